The molecule has 0 spiro atoms. The van der Waals surface area contributed by atoms with E-state index in [0.717, 1.165) is 0 Å². The van der Waals surface area contributed by atoms with Gasteiger partial charge in [-0.1, -0.05) is 0 Å². The first-order chi connectivity index (χ1) is 7.95. The minimum absolute atomic E-state index is 0.272. The number of nitrogens with one attached hydrogen (secondary N) is 1. The second-order valence-corrected chi connectivity index (χ2v) is 3.32. The summed E-state index contributed by atoms with van der Waals surface area (Å²) in [6, 6.07) is 4.83. The highest BCUT2D eigenvalue weighted by Crippen LogP contribution is 2.20. The molecule has 92 valence electrons. The van der Waals surface area contributed by atoms with E-state index >= 15 is 0 Å². The van der Waals surface area contributed by atoms with Gasteiger partial charge in [0, 0.05) is 18.4 Å². The molecule has 0 aliphatic carbocycles. The van der Waals surface area contributed by atoms with Gasteiger partial charge < -0.3 is 21.3 Å². The maximum absolute atomic E-state index is 10.7. The number of hydrogen-bond acceptors (Lipinski definition) is 4. The molecule has 1 aromatic carbocycles. The lowest BCUT2D eigenvalue weighted by molar-refractivity contribution is 0.120. The van der Waals surface area contributed by atoms with Crippen LogP contribution in [0.25, 0.3) is 0 Å². The van der Waals surface area contributed by atoms with Crippen molar-refractivity contribution in [3.63, 3.8) is 0 Å². The van der Waals surface area contributed by atoms with Gasteiger partial charge in [-0.2, -0.15) is 0 Å². The molecule has 0 radical (unpaired) electrons. The largest absolute Gasteiger partial charge is 0.465 e. The fraction of sp³-hybridized carbons (Fsp3) is 0.200. The summed E-state index contributed by atoms with van der Waals surface area (Å²) in [7, 11) is 1.65. The monoisotopic (exact) mass is 239 g/mol. The van der Waals surface area contributed by atoms with Crippen LogP contribution in [0.1, 0.15) is 5.56 Å². The summed E-state index contributed by atoms with van der Waals surface area (Å²) in [4.78, 5) is 21.7. The summed E-state index contributed by atoms with van der Waals surface area (Å²) in [6.45, 7) is -0.272. The van der Waals surface area contributed by atoms with Crippen LogP contribution in [0, 0.1) is 0 Å². The van der Waals surface area contributed by atoms with Crippen LogP contribution in [0.5, 0.6) is 0 Å². The number of nitrogens with two attached hydrogens (primary N) is 1. The SMILES string of the molecule is CNc1ccc(N)cc1CN(C(=O)O)C(=O)O. The first-order valence-electron chi connectivity index (χ1n) is 4.75. The maximum Gasteiger partial charge on any atom is 0.417 e. The number of carboxylic acid groups (broad SMARTS) is 2. The van der Waals surface area contributed by atoms with Crippen molar-refractivity contribution in [2.24, 2.45) is 0 Å². The van der Waals surface area contributed by atoms with Crippen LogP contribution >= 0.6 is 0 Å². The van der Waals surface area contributed by atoms with Gasteiger partial charge in [0.15, 0.2) is 0 Å². The number of carbonyl (C=O) groups is 2. The third kappa shape index (κ3) is 3.00. The minimum atomic E-state index is -1.53. The highest BCUT2D eigenvalue weighted by Gasteiger charge is 2.21. The predicted molar refractivity (Wildman–Crippen MR) is 62.0 cm³/mol. The molecule has 0 saturated carbocycles. The Kier molecular flexibility index (Phi) is 3.76. The van der Waals surface area contributed by atoms with Gasteiger partial charge in [-0.25, -0.2) is 14.5 Å². The van der Waals surface area contributed by atoms with Gasteiger partial charge in [0.05, 0.1) is 6.54 Å². The van der Waals surface area contributed by atoms with Gasteiger partial charge in [0.1, 0.15) is 0 Å². The van der Waals surface area contributed by atoms with Crippen LogP contribution in [0.3, 0.4) is 0 Å². The molecule has 5 N–H and O–H groups in total. The molecular weight excluding hydrogens is 226 g/mol. The third-order valence-electron chi connectivity index (χ3n) is 2.19. The summed E-state index contributed by atoms with van der Waals surface area (Å²) in [5.41, 5.74) is 7.14. The van der Waals surface area contributed by atoms with Crippen molar-refractivity contribution in [1.82, 2.24) is 4.90 Å². The molecule has 17 heavy (non-hydrogen) atoms. The number of nitrogen functional groups attached to an aromatic ring is 1. The van der Waals surface area contributed by atoms with Crippen LogP contribution in [0.4, 0.5) is 21.0 Å². The average Bonchev–Trinajstić information content (AvgIpc) is 2.25. The van der Waals surface area contributed by atoms with Gasteiger partial charge in [-0.3, -0.25) is 0 Å². The highest BCUT2D eigenvalue weighted by atomic mass is 16.4. The van der Waals surface area contributed by atoms with Crippen LogP contribution in [-0.2, 0) is 6.54 Å². The fourth-order valence-corrected chi connectivity index (χ4v) is 1.38. The molecule has 0 bridgehead atoms. The van der Waals surface area contributed by atoms with Crippen LogP contribution < -0.4 is 11.1 Å². The molecule has 0 fully saturated rings. The molecule has 1 rings (SSSR count). The second kappa shape index (κ2) is 5.06. The fourth-order valence-electron chi connectivity index (χ4n) is 1.38. The smallest absolute Gasteiger partial charge is 0.417 e. The second-order valence-electron chi connectivity index (χ2n) is 3.32. The maximum atomic E-state index is 10.7. The molecule has 0 heterocycles. The summed E-state index contributed by atoms with van der Waals surface area (Å²) < 4.78 is 0. The van der Waals surface area contributed by atoms with Gasteiger partial charge in [0.25, 0.3) is 0 Å². The quantitative estimate of drug-likeness (QED) is 0.593. The molecule has 0 atom stereocenters. The Labute approximate surface area is 97.5 Å². The number of amides is 2. The molecule has 0 aliphatic rings. The Bertz CT molecular complexity index is 433. The van der Waals surface area contributed by atoms with Crippen LogP contribution in [0.15, 0.2) is 18.2 Å². The van der Waals surface area contributed by atoms with Crippen molar-refractivity contribution in [1.29, 1.82) is 0 Å². The molecule has 0 unspecified atom stereocenters. The lowest BCUT2D eigenvalue weighted by Crippen LogP contribution is -2.34. The van der Waals surface area contributed by atoms with Crippen molar-refractivity contribution >= 4 is 23.6 Å². The van der Waals surface area contributed by atoms with Gasteiger partial charge in [-0.05, 0) is 23.8 Å². The number of nitrogens with zero attached hydrogens (tertiary/aromatic N) is 1. The van der Waals surface area contributed by atoms with Crippen molar-refractivity contribution in [2.75, 3.05) is 18.1 Å². The first kappa shape index (κ1) is 12.6. The normalized spacial score (nSPS) is 9.71. The van der Waals surface area contributed by atoms with E-state index in [2.05, 4.69) is 5.32 Å². The van der Waals surface area contributed by atoms with E-state index in [1.54, 1.807) is 19.2 Å². The lowest BCUT2D eigenvalue weighted by Gasteiger charge is -2.16. The van der Waals surface area contributed by atoms with E-state index in [1.165, 1.54) is 6.07 Å². The number of hydrogen-bond donors (Lipinski definition) is 4. The molecule has 1 aromatic rings. The number of imide groups is 1. The Morgan fingerprint density at radius 3 is 2.41 bits per heavy atom. The van der Waals surface area contributed by atoms with Gasteiger partial charge >= 0.3 is 12.2 Å². The van der Waals surface area contributed by atoms with E-state index in [1.807, 2.05) is 0 Å². The highest BCUT2D eigenvalue weighted by molar-refractivity contribution is 5.85. The van der Waals surface area contributed by atoms with E-state index in [9.17, 15) is 9.59 Å². The molecular formula is C10H13N3O4. The Morgan fingerprint density at radius 1 is 1.35 bits per heavy atom. The van der Waals surface area contributed by atoms with E-state index in [4.69, 9.17) is 15.9 Å². The molecule has 0 saturated heterocycles. The lowest BCUT2D eigenvalue weighted by atomic mass is 10.1. The van der Waals surface area contributed by atoms with E-state index in [0.29, 0.717) is 16.9 Å². The number of anilines is 2. The number of benzene rings is 1. The Morgan fingerprint density at radius 2 is 1.94 bits per heavy atom. The van der Waals surface area contributed by atoms with E-state index in [-0.39, 0.29) is 11.4 Å². The minimum Gasteiger partial charge on any atom is -0.465 e. The molecule has 7 nitrogen and oxygen atoms in total. The predicted octanol–water partition coefficient (Wildman–Crippen LogP) is 1.47. The summed E-state index contributed by atoms with van der Waals surface area (Å²) >= 11 is 0. The van der Waals surface area contributed by atoms with Crippen LogP contribution in [0.2, 0.25) is 0 Å². The van der Waals surface area contributed by atoms with E-state index < -0.39 is 12.2 Å². The molecule has 2 amide bonds. The third-order valence-corrected chi connectivity index (χ3v) is 2.19. The molecule has 7 heteroatoms. The average molecular weight is 239 g/mol. The zero-order valence-corrected chi connectivity index (χ0v) is 9.17. The summed E-state index contributed by atoms with van der Waals surface area (Å²) in [6.07, 6.45) is -3.05. The van der Waals surface area contributed by atoms with Crippen molar-refractivity contribution in [2.45, 2.75) is 6.54 Å². The van der Waals surface area contributed by atoms with Gasteiger partial charge in [0.2, 0.25) is 0 Å². The molecule has 0 aliphatic heterocycles. The zero-order chi connectivity index (χ0) is 13.0. The van der Waals surface area contributed by atoms with Gasteiger partial charge in [-0.15, -0.1) is 0 Å². The molecule has 0 aromatic heterocycles. The first-order valence-corrected chi connectivity index (χ1v) is 4.75. The van der Waals surface area contributed by atoms with Crippen LogP contribution in [-0.4, -0.2) is 34.3 Å². The zero-order valence-electron chi connectivity index (χ0n) is 9.17. The van der Waals surface area contributed by atoms with Crippen molar-refractivity contribution in [3.8, 4) is 0 Å². The number of rotatable bonds is 3. The Hall–Kier alpha value is -2.44. The van der Waals surface area contributed by atoms with Crippen molar-refractivity contribution in [3.05, 3.63) is 23.8 Å². The topological polar surface area (TPSA) is 116 Å². The Balaban J connectivity index is 3.03. The summed E-state index contributed by atoms with van der Waals surface area (Å²) in [5, 5.41) is 20.3. The van der Waals surface area contributed by atoms with Crippen molar-refractivity contribution < 1.29 is 19.8 Å². The summed E-state index contributed by atoms with van der Waals surface area (Å²) in [5.74, 6) is 0. The standard InChI is InChI=1S/C10H13N3O4/c1-12-8-3-2-7(11)4-6(8)5-13(9(14)15)10(16)17/h2-4,12H,5,11H2,1H3,(H,14,15)(H,16,17).